The average molecular weight is 402 g/mol. The van der Waals surface area contributed by atoms with E-state index in [9.17, 15) is 19.8 Å². The van der Waals surface area contributed by atoms with Crippen LogP contribution in [0.4, 0.5) is 0 Å². The van der Waals surface area contributed by atoms with Gasteiger partial charge in [-0.15, -0.1) is 0 Å². The number of ether oxygens (including phenoxy) is 4. The third-order valence-corrected chi connectivity index (χ3v) is 3.73. The van der Waals surface area contributed by atoms with E-state index in [-0.39, 0.29) is 62.8 Å². The molecule has 0 aliphatic carbocycles. The number of aliphatic hydroxyl groups excluding tert-OH is 2. The molecular weight excluding hydrogens is 376 g/mol. The topological polar surface area (TPSA) is 152 Å². The van der Waals surface area contributed by atoms with Crippen molar-refractivity contribution in [2.24, 2.45) is 0 Å². The van der Waals surface area contributed by atoms with Crippen LogP contribution < -0.4 is 0 Å². The van der Waals surface area contributed by atoms with Gasteiger partial charge in [0.05, 0.1) is 50.8 Å². The first-order chi connectivity index (χ1) is 13.5. The molecule has 0 fully saturated rings. The van der Waals surface area contributed by atoms with Crippen LogP contribution in [-0.4, -0.2) is 85.6 Å². The van der Waals surface area contributed by atoms with Crippen LogP contribution in [-0.2, 0) is 31.8 Å². The molecule has 0 amide bonds. The van der Waals surface area contributed by atoms with Gasteiger partial charge in [-0.1, -0.05) is 0 Å². The second kappa shape index (κ2) is 14.0. The Balaban J connectivity index is 2.78. The molecule has 0 radical (unpaired) electrons. The van der Waals surface area contributed by atoms with E-state index in [1.165, 1.54) is 12.1 Å². The molecule has 0 heterocycles. The first-order valence-electron chi connectivity index (χ1n) is 8.66. The summed E-state index contributed by atoms with van der Waals surface area (Å²) in [5.41, 5.74) is 0.533. The van der Waals surface area contributed by atoms with Gasteiger partial charge < -0.3 is 39.4 Å². The Labute approximate surface area is 162 Å². The molecule has 0 saturated carbocycles. The minimum Gasteiger partial charge on any atom is -0.478 e. The minimum atomic E-state index is -1.22. The third kappa shape index (κ3) is 8.74. The van der Waals surface area contributed by atoms with E-state index in [1.54, 1.807) is 0 Å². The fraction of sp³-hybridized carbons (Fsp3) is 0.556. The maximum atomic E-state index is 11.6. The minimum absolute atomic E-state index is 0.0891. The van der Waals surface area contributed by atoms with Crippen molar-refractivity contribution in [3.05, 3.63) is 34.4 Å². The standard InChI is InChI=1S/C18H26O10/c19-11-27-7-5-25-3-1-13-9-15(17(21)22)14(16(10-13)18(23)24)2-4-26-6-8-28-12-20/h9-10,19-20H,1-8,11-12H2,(H,21,22)(H,23,24). The average Bonchev–Trinajstić information content (AvgIpc) is 2.67. The second-order valence-corrected chi connectivity index (χ2v) is 5.58. The maximum Gasteiger partial charge on any atom is 0.335 e. The Morgan fingerprint density at radius 3 is 1.54 bits per heavy atom. The normalized spacial score (nSPS) is 10.9. The first kappa shape index (κ1) is 24.0. The van der Waals surface area contributed by atoms with E-state index in [2.05, 4.69) is 0 Å². The van der Waals surface area contributed by atoms with Gasteiger partial charge in [0.2, 0.25) is 0 Å². The number of aliphatic hydroxyl groups is 2. The molecule has 0 saturated heterocycles. The van der Waals surface area contributed by atoms with Crippen LogP contribution in [0.5, 0.6) is 0 Å². The van der Waals surface area contributed by atoms with E-state index in [0.717, 1.165) is 0 Å². The van der Waals surface area contributed by atoms with Gasteiger partial charge in [-0.25, -0.2) is 9.59 Å². The molecule has 10 heteroatoms. The highest BCUT2D eigenvalue weighted by atomic mass is 16.6. The van der Waals surface area contributed by atoms with Crippen molar-refractivity contribution in [2.75, 3.05) is 53.2 Å². The summed E-state index contributed by atoms with van der Waals surface area (Å²) in [5.74, 6) is -2.44. The molecule has 0 spiro atoms. The third-order valence-electron chi connectivity index (χ3n) is 3.73. The molecule has 0 aliphatic rings. The van der Waals surface area contributed by atoms with Gasteiger partial charge in [0.25, 0.3) is 0 Å². The largest absolute Gasteiger partial charge is 0.478 e. The van der Waals surface area contributed by atoms with Crippen LogP contribution in [0, 0.1) is 0 Å². The number of hydrogen-bond acceptors (Lipinski definition) is 8. The van der Waals surface area contributed by atoms with E-state index in [4.69, 9.17) is 29.2 Å². The van der Waals surface area contributed by atoms with Crippen LogP contribution in [0.25, 0.3) is 0 Å². The second-order valence-electron chi connectivity index (χ2n) is 5.58. The summed E-state index contributed by atoms with van der Waals surface area (Å²) >= 11 is 0. The van der Waals surface area contributed by atoms with Gasteiger partial charge in [0.15, 0.2) is 0 Å². The Kier molecular flexibility index (Phi) is 12.0. The van der Waals surface area contributed by atoms with Crippen molar-refractivity contribution in [1.82, 2.24) is 0 Å². The Hall–Kier alpha value is -2.08. The zero-order valence-corrected chi connectivity index (χ0v) is 15.5. The van der Waals surface area contributed by atoms with Crippen LogP contribution in [0.2, 0.25) is 0 Å². The highest BCUT2D eigenvalue weighted by molar-refractivity contribution is 5.97. The highest BCUT2D eigenvalue weighted by Gasteiger charge is 2.20. The molecule has 0 atom stereocenters. The van der Waals surface area contributed by atoms with Crippen molar-refractivity contribution in [1.29, 1.82) is 0 Å². The predicted molar refractivity (Wildman–Crippen MR) is 95.5 cm³/mol. The molecule has 1 aromatic carbocycles. The Bertz CT molecular complexity index is 581. The predicted octanol–water partition coefficient (Wildman–Crippen LogP) is 0.134. The summed E-state index contributed by atoms with van der Waals surface area (Å²) in [6, 6.07) is 2.87. The lowest BCUT2D eigenvalue weighted by atomic mass is 9.94. The Morgan fingerprint density at radius 2 is 1.11 bits per heavy atom. The maximum absolute atomic E-state index is 11.6. The van der Waals surface area contributed by atoms with Crippen molar-refractivity contribution in [2.45, 2.75) is 12.8 Å². The van der Waals surface area contributed by atoms with Crippen LogP contribution >= 0.6 is 0 Å². The molecule has 0 bridgehead atoms. The number of benzene rings is 1. The molecule has 28 heavy (non-hydrogen) atoms. The molecule has 1 aromatic rings. The smallest absolute Gasteiger partial charge is 0.335 e. The fourth-order valence-corrected chi connectivity index (χ4v) is 2.46. The number of carbonyl (C=O) groups is 2. The number of carboxylic acid groups (broad SMARTS) is 2. The molecule has 158 valence electrons. The summed E-state index contributed by atoms with van der Waals surface area (Å²) in [6.07, 6.45) is 0.437. The molecule has 10 nitrogen and oxygen atoms in total. The van der Waals surface area contributed by atoms with Crippen LogP contribution in [0.15, 0.2) is 12.1 Å². The van der Waals surface area contributed by atoms with Crippen molar-refractivity contribution >= 4 is 11.9 Å². The first-order valence-corrected chi connectivity index (χ1v) is 8.66. The van der Waals surface area contributed by atoms with Crippen molar-refractivity contribution < 1.29 is 49.0 Å². The summed E-state index contributed by atoms with van der Waals surface area (Å²) in [6.45, 7) is 0.398. The highest BCUT2D eigenvalue weighted by Crippen LogP contribution is 2.20. The monoisotopic (exact) mass is 402 g/mol. The van der Waals surface area contributed by atoms with E-state index >= 15 is 0 Å². The number of hydrogen-bond donors (Lipinski definition) is 4. The zero-order valence-electron chi connectivity index (χ0n) is 15.5. The van der Waals surface area contributed by atoms with Crippen LogP contribution in [0.3, 0.4) is 0 Å². The fourth-order valence-electron chi connectivity index (χ4n) is 2.46. The summed E-state index contributed by atoms with van der Waals surface area (Å²) < 4.78 is 20.0. The van der Waals surface area contributed by atoms with Gasteiger partial charge in [-0.05, 0) is 36.1 Å². The van der Waals surface area contributed by atoms with Crippen LogP contribution in [0.1, 0.15) is 31.8 Å². The quantitative estimate of drug-likeness (QED) is 0.222. The zero-order chi connectivity index (χ0) is 20.8. The number of carboxylic acids is 2. The Morgan fingerprint density at radius 1 is 0.679 bits per heavy atom. The van der Waals surface area contributed by atoms with E-state index in [1.807, 2.05) is 0 Å². The lowest BCUT2D eigenvalue weighted by Crippen LogP contribution is -2.15. The molecule has 4 N–H and O–H groups in total. The summed E-state index contributed by atoms with van der Waals surface area (Å²) in [7, 11) is 0. The summed E-state index contributed by atoms with van der Waals surface area (Å²) in [4.78, 5) is 23.2. The molecular formula is C18H26O10. The van der Waals surface area contributed by atoms with Crippen molar-refractivity contribution in [3.8, 4) is 0 Å². The number of rotatable bonds is 16. The van der Waals surface area contributed by atoms with Gasteiger partial charge in [-0.3, -0.25) is 0 Å². The molecule has 0 aliphatic heterocycles. The number of aromatic carboxylic acids is 2. The van der Waals surface area contributed by atoms with Gasteiger partial charge in [0, 0.05) is 0 Å². The van der Waals surface area contributed by atoms with Gasteiger partial charge in [-0.2, -0.15) is 0 Å². The van der Waals surface area contributed by atoms with Gasteiger partial charge >= 0.3 is 11.9 Å². The van der Waals surface area contributed by atoms with E-state index in [0.29, 0.717) is 12.0 Å². The molecule has 1 rings (SSSR count). The molecule has 0 aromatic heterocycles. The van der Waals surface area contributed by atoms with Crippen molar-refractivity contribution in [3.63, 3.8) is 0 Å². The van der Waals surface area contributed by atoms with E-state index < -0.39 is 25.5 Å². The lowest BCUT2D eigenvalue weighted by Gasteiger charge is -2.13. The lowest BCUT2D eigenvalue weighted by molar-refractivity contribution is -0.0290. The van der Waals surface area contributed by atoms with Gasteiger partial charge in [0.1, 0.15) is 13.6 Å². The SMILES string of the molecule is O=C(O)c1cc(CCOCCOCO)cc(C(=O)O)c1CCOCCOCO. The molecule has 0 unspecified atom stereocenters. The summed E-state index contributed by atoms with van der Waals surface area (Å²) in [5, 5.41) is 36.0.